The van der Waals surface area contributed by atoms with Crippen LogP contribution in [-0.2, 0) is 17.8 Å². The Hall–Kier alpha value is -2.27. The molecular weight excluding hydrogens is 338 g/mol. The van der Waals surface area contributed by atoms with Crippen molar-refractivity contribution in [3.05, 3.63) is 52.1 Å². The Kier molecular flexibility index (Phi) is 6.65. The summed E-state index contributed by atoms with van der Waals surface area (Å²) >= 11 is 6.34. The van der Waals surface area contributed by atoms with Gasteiger partial charge >= 0.3 is 5.97 Å². The molecule has 0 saturated heterocycles. The van der Waals surface area contributed by atoms with Crippen molar-refractivity contribution in [1.82, 2.24) is 9.55 Å². The monoisotopic (exact) mass is 361 g/mol. The van der Waals surface area contributed by atoms with Crippen molar-refractivity contribution >= 4 is 29.3 Å². The summed E-state index contributed by atoms with van der Waals surface area (Å²) in [7, 11) is 0. The van der Waals surface area contributed by atoms with E-state index in [1.807, 2.05) is 35.8 Å². The van der Waals surface area contributed by atoms with Gasteiger partial charge in [0.15, 0.2) is 5.15 Å². The van der Waals surface area contributed by atoms with E-state index in [1.54, 1.807) is 6.08 Å². The first-order valence-corrected chi connectivity index (χ1v) is 8.87. The van der Waals surface area contributed by atoms with Gasteiger partial charge in [-0.25, -0.2) is 9.78 Å². The Morgan fingerprint density at radius 2 is 2.00 bits per heavy atom. The van der Waals surface area contributed by atoms with Gasteiger partial charge in [-0.05, 0) is 36.6 Å². The number of halogens is 1. The summed E-state index contributed by atoms with van der Waals surface area (Å²) in [6, 6.07) is 7.62. The van der Waals surface area contributed by atoms with Crippen molar-refractivity contribution in [3.8, 4) is 0 Å². The van der Waals surface area contributed by atoms with Gasteiger partial charge in [0.25, 0.3) is 0 Å². The first-order chi connectivity index (χ1) is 12.0. The van der Waals surface area contributed by atoms with Crippen LogP contribution in [0.4, 0.5) is 5.69 Å². The summed E-state index contributed by atoms with van der Waals surface area (Å²) in [5.74, 6) is -0.0651. The van der Waals surface area contributed by atoms with E-state index in [4.69, 9.17) is 17.3 Å². The molecule has 2 rings (SSSR count). The fraction of sp³-hybridized carbons (Fsp3) is 0.368. The second kappa shape index (κ2) is 8.72. The number of nitrogens with zero attached hydrogens (tertiary/aromatic N) is 2. The minimum atomic E-state index is -0.936. The van der Waals surface area contributed by atoms with Crippen molar-refractivity contribution in [3.63, 3.8) is 0 Å². The van der Waals surface area contributed by atoms with Crippen LogP contribution in [-0.4, -0.2) is 20.6 Å². The summed E-state index contributed by atoms with van der Waals surface area (Å²) in [4.78, 5) is 15.9. The average Bonchev–Trinajstić information content (AvgIpc) is 2.87. The molecular formula is C19H24ClN3O2. The maximum Gasteiger partial charge on any atom is 0.331 e. The summed E-state index contributed by atoms with van der Waals surface area (Å²) in [6.07, 6.45) is 4.89. The number of hydrogen-bond acceptors (Lipinski definition) is 3. The van der Waals surface area contributed by atoms with Crippen molar-refractivity contribution in [2.24, 2.45) is 0 Å². The number of hydrogen-bond donors (Lipinski definition) is 2. The number of aryl methyl sites for hydroxylation is 1. The van der Waals surface area contributed by atoms with Crippen LogP contribution in [0.25, 0.3) is 6.08 Å². The van der Waals surface area contributed by atoms with Gasteiger partial charge in [0.1, 0.15) is 5.82 Å². The van der Waals surface area contributed by atoms with Crippen molar-refractivity contribution in [2.75, 3.05) is 5.73 Å². The van der Waals surface area contributed by atoms with Crippen molar-refractivity contribution in [2.45, 2.75) is 46.1 Å². The molecule has 0 aliphatic carbocycles. The Bertz CT molecular complexity index is 764. The fourth-order valence-electron chi connectivity index (χ4n) is 2.61. The van der Waals surface area contributed by atoms with E-state index in [9.17, 15) is 9.90 Å². The van der Waals surface area contributed by atoms with Crippen LogP contribution in [0.1, 0.15) is 50.2 Å². The van der Waals surface area contributed by atoms with Gasteiger partial charge in [0, 0.05) is 24.2 Å². The molecule has 134 valence electrons. The molecule has 3 N–H and O–H groups in total. The van der Waals surface area contributed by atoms with Crippen LogP contribution in [0.2, 0.25) is 5.15 Å². The Morgan fingerprint density at radius 1 is 1.32 bits per heavy atom. The molecule has 0 fully saturated rings. The van der Waals surface area contributed by atoms with Gasteiger partial charge < -0.3 is 15.4 Å². The number of rotatable bonds is 8. The lowest BCUT2D eigenvalue weighted by Crippen LogP contribution is -2.08. The molecule has 0 unspecified atom stereocenters. The number of nitrogen functional groups attached to an aromatic ring is 1. The van der Waals surface area contributed by atoms with E-state index in [1.165, 1.54) is 0 Å². The number of carbonyl (C=O) groups is 1. The number of aliphatic carboxylic acids is 1. The number of benzene rings is 1. The van der Waals surface area contributed by atoms with E-state index < -0.39 is 5.97 Å². The predicted molar refractivity (Wildman–Crippen MR) is 102 cm³/mol. The van der Waals surface area contributed by atoms with Gasteiger partial charge in [0.05, 0.1) is 5.69 Å². The molecule has 0 bridgehead atoms. The van der Waals surface area contributed by atoms with Crippen molar-refractivity contribution < 1.29 is 9.90 Å². The number of anilines is 1. The molecule has 25 heavy (non-hydrogen) atoms. The molecule has 0 atom stereocenters. The van der Waals surface area contributed by atoms with Gasteiger partial charge in [0.2, 0.25) is 0 Å². The Morgan fingerprint density at radius 3 is 2.56 bits per heavy atom. The molecule has 0 radical (unpaired) electrons. The third-order valence-corrected chi connectivity index (χ3v) is 4.36. The van der Waals surface area contributed by atoms with Crippen molar-refractivity contribution in [1.29, 1.82) is 0 Å². The third-order valence-electron chi connectivity index (χ3n) is 4.08. The standard InChI is InChI=1S/C19H24ClN3O2/c1-3-5-6-17-22-18(20)16(11-14(4-2)19(24)25)23(17)12-13-7-9-15(21)10-8-13/h7-11H,3-6,12,21H2,1-2H3,(H,24,25). The summed E-state index contributed by atoms with van der Waals surface area (Å²) in [5, 5.41) is 9.67. The number of carboxylic acids is 1. The Labute approximate surface area is 153 Å². The van der Waals surface area contributed by atoms with Crippen LogP contribution in [0, 0.1) is 0 Å². The largest absolute Gasteiger partial charge is 0.478 e. The lowest BCUT2D eigenvalue weighted by molar-refractivity contribution is -0.132. The molecule has 5 nitrogen and oxygen atoms in total. The topological polar surface area (TPSA) is 81.1 Å². The van der Waals surface area contributed by atoms with Gasteiger partial charge in [-0.3, -0.25) is 0 Å². The predicted octanol–water partition coefficient (Wildman–Crippen LogP) is 4.39. The summed E-state index contributed by atoms with van der Waals surface area (Å²) in [6.45, 7) is 4.50. The molecule has 0 aliphatic heterocycles. The van der Waals surface area contributed by atoms with Crippen LogP contribution in [0.15, 0.2) is 29.8 Å². The fourth-order valence-corrected chi connectivity index (χ4v) is 2.86. The zero-order valence-corrected chi connectivity index (χ0v) is 15.4. The highest BCUT2D eigenvalue weighted by atomic mass is 35.5. The smallest absolute Gasteiger partial charge is 0.331 e. The quantitative estimate of drug-likeness (QED) is 0.539. The number of imidazole rings is 1. The SMILES string of the molecule is CCCCc1nc(Cl)c(C=C(CC)C(=O)O)n1Cc1ccc(N)cc1. The number of aromatic nitrogens is 2. The van der Waals surface area contributed by atoms with Crippen LogP contribution < -0.4 is 5.73 Å². The zero-order valence-electron chi connectivity index (χ0n) is 14.6. The van der Waals surface area contributed by atoms with Gasteiger partial charge in [-0.2, -0.15) is 0 Å². The second-order valence-corrected chi connectivity index (χ2v) is 6.32. The number of carboxylic acid groups (broad SMARTS) is 1. The molecule has 2 aromatic rings. The highest BCUT2D eigenvalue weighted by Crippen LogP contribution is 2.24. The van der Waals surface area contributed by atoms with Crippen LogP contribution in [0.3, 0.4) is 0 Å². The normalized spacial score (nSPS) is 11.7. The van der Waals surface area contributed by atoms with E-state index in [0.717, 1.165) is 30.7 Å². The van der Waals surface area contributed by atoms with Gasteiger partial charge in [-0.1, -0.05) is 44.0 Å². The molecule has 0 spiro atoms. The molecule has 1 aromatic heterocycles. The highest BCUT2D eigenvalue weighted by Gasteiger charge is 2.16. The van der Waals surface area contributed by atoms with E-state index in [0.29, 0.717) is 35.1 Å². The molecule has 0 aliphatic rings. The lowest BCUT2D eigenvalue weighted by atomic mass is 10.1. The lowest BCUT2D eigenvalue weighted by Gasteiger charge is -2.11. The molecule has 1 heterocycles. The molecule has 6 heteroatoms. The number of unbranched alkanes of at least 4 members (excludes halogenated alkanes) is 1. The second-order valence-electron chi connectivity index (χ2n) is 5.96. The molecule has 1 aromatic carbocycles. The first kappa shape index (κ1) is 19.1. The average molecular weight is 362 g/mol. The molecule has 0 saturated carbocycles. The third kappa shape index (κ3) is 4.86. The maximum absolute atomic E-state index is 11.4. The maximum atomic E-state index is 11.4. The minimum Gasteiger partial charge on any atom is -0.478 e. The van der Waals surface area contributed by atoms with E-state index >= 15 is 0 Å². The summed E-state index contributed by atoms with van der Waals surface area (Å²) in [5.41, 5.74) is 8.47. The van der Waals surface area contributed by atoms with E-state index in [-0.39, 0.29) is 0 Å². The van der Waals surface area contributed by atoms with Crippen LogP contribution in [0.5, 0.6) is 0 Å². The number of nitrogens with two attached hydrogens (primary N) is 1. The first-order valence-electron chi connectivity index (χ1n) is 8.49. The summed E-state index contributed by atoms with van der Waals surface area (Å²) < 4.78 is 2.00. The highest BCUT2D eigenvalue weighted by molar-refractivity contribution is 6.30. The Balaban J connectivity index is 2.48. The van der Waals surface area contributed by atoms with E-state index in [2.05, 4.69) is 11.9 Å². The van der Waals surface area contributed by atoms with Gasteiger partial charge in [-0.15, -0.1) is 0 Å². The van der Waals surface area contributed by atoms with Crippen LogP contribution >= 0.6 is 11.6 Å². The minimum absolute atomic E-state index is 0.308. The zero-order chi connectivity index (χ0) is 18.4. The molecule has 0 amide bonds.